The van der Waals surface area contributed by atoms with Gasteiger partial charge in [0.05, 0.1) is 25.4 Å². The van der Waals surface area contributed by atoms with Crippen LogP contribution >= 0.6 is 0 Å². The molecule has 57 heavy (non-hydrogen) atoms. The number of hydrogen-bond acceptors (Lipinski definition) is 10. The maximum absolute atomic E-state index is 13.0. The van der Waals surface area contributed by atoms with E-state index in [1.807, 2.05) is 0 Å². The molecule has 1 aliphatic rings. The van der Waals surface area contributed by atoms with E-state index in [1.54, 1.807) is 0 Å². The molecule has 1 amide bonds. The fourth-order valence-electron chi connectivity index (χ4n) is 7.75. The molecule has 0 bridgehead atoms. The number of nitrogens with one attached hydrogen (secondary N) is 1. The number of rotatable bonds is 40. The van der Waals surface area contributed by atoms with Gasteiger partial charge in [-0.25, -0.2) is 4.18 Å². The second kappa shape index (κ2) is 35.8. The van der Waals surface area contributed by atoms with Crippen molar-refractivity contribution in [1.29, 1.82) is 0 Å². The van der Waals surface area contributed by atoms with Crippen LogP contribution in [-0.2, 0) is 28.9 Å². The van der Waals surface area contributed by atoms with Gasteiger partial charge in [-0.1, -0.05) is 200 Å². The van der Waals surface area contributed by atoms with Crippen LogP contribution in [-0.4, -0.2) is 95.4 Å². The molecule has 13 heteroatoms. The van der Waals surface area contributed by atoms with Gasteiger partial charge in [0.25, 0.3) is 0 Å². The van der Waals surface area contributed by atoms with Gasteiger partial charge in [-0.3, -0.25) is 9.35 Å². The quantitative estimate of drug-likeness (QED) is 0.0255. The zero-order chi connectivity index (χ0) is 42.0. The average molecular weight is 838 g/mol. The fourth-order valence-corrected chi connectivity index (χ4v) is 8.26. The lowest BCUT2D eigenvalue weighted by Crippen LogP contribution is -2.61. The van der Waals surface area contributed by atoms with Crippen molar-refractivity contribution in [2.24, 2.45) is 0 Å². The summed E-state index contributed by atoms with van der Waals surface area (Å²) in [6.07, 6.45) is 28.2. The Balaban J connectivity index is 2.43. The molecule has 0 radical (unpaired) electrons. The van der Waals surface area contributed by atoms with Gasteiger partial charge in [-0.2, -0.15) is 8.42 Å². The second-order valence-electron chi connectivity index (χ2n) is 16.7. The Hall–Kier alpha value is -0.900. The molecule has 0 aliphatic carbocycles. The molecule has 0 spiro atoms. The number of carbonyl (C=O) groups is 1. The van der Waals surface area contributed by atoms with Crippen molar-refractivity contribution in [1.82, 2.24) is 5.32 Å². The maximum Gasteiger partial charge on any atom is 0.397 e. The highest BCUT2D eigenvalue weighted by Crippen LogP contribution is 2.26. The lowest BCUT2D eigenvalue weighted by Gasteiger charge is -2.41. The smallest absolute Gasteiger partial charge is 0.394 e. The second-order valence-corrected chi connectivity index (χ2v) is 17.8. The summed E-state index contributed by atoms with van der Waals surface area (Å²) in [7, 11) is -5.07. The largest absolute Gasteiger partial charge is 0.397 e. The predicted molar refractivity (Wildman–Crippen MR) is 227 cm³/mol. The molecular formula is C44H87NO11S. The Kier molecular flexibility index (Phi) is 34.0. The lowest BCUT2D eigenvalue weighted by molar-refractivity contribution is -0.298. The Morgan fingerprint density at radius 1 is 0.632 bits per heavy atom. The number of ether oxygens (including phenoxy) is 2. The molecule has 0 aromatic carbocycles. The van der Waals surface area contributed by atoms with Crippen LogP contribution in [0.25, 0.3) is 0 Å². The molecule has 6 N–H and O–H groups in total. The standard InChI is InChI=1S/C44H87NO11S/c1-3-5-7-9-11-13-15-16-17-18-19-20-21-22-24-26-28-30-32-34-40(48)45-37(38(47)33-31-29-27-25-23-14-12-10-8-6-4-2)36-54-44-42(50)43(56-57(51,52)53)41(49)39(35-46)55-44/h37-39,41-44,46-47,49-50H,3-36H2,1-2H3,(H,45,48)(H,51,52,53). The SMILES string of the molecule is CCCCCCCCCCCCCCCCCCCCCC(=O)NC(COC1OC(CO)C(O)C(OS(=O)(=O)O)C1O)C(O)CCCCCCCCCCCCC. The number of carbonyl (C=O) groups excluding carboxylic acids is 1. The fraction of sp³-hybridized carbons (Fsp3) is 0.977. The first-order valence-electron chi connectivity index (χ1n) is 23.4. The molecule has 1 rings (SSSR count). The van der Waals surface area contributed by atoms with Gasteiger partial charge < -0.3 is 35.2 Å². The summed E-state index contributed by atoms with van der Waals surface area (Å²) in [6, 6.07) is -0.850. The summed E-state index contributed by atoms with van der Waals surface area (Å²) in [4.78, 5) is 13.0. The highest BCUT2D eigenvalue weighted by atomic mass is 32.3. The van der Waals surface area contributed by atoms with E-state index in [0.717, 1.165) is 51.4 Å². The van der Waals surface area contributed by atoms with Crippen LogP contribution in [0.1, 0.15) is 219 Å². The monoisotopic (exact) mass is 838 g/mol. The number of aliphatic hydroxyl groups excluding tert-OH is 4. The first kappa shape index (κ1) is 54.1. The molecule has 1 aliphatic heterocycles. The van der Waals surface area contributed by atoms with Crippen molar-refractivity contribution in [3.63, 3.8) is 0 Å². The van der Waals surface area contributed by atoms with Crippen molar-refractivity contribution < 1.29 is 51.8 Å². The zero-order valence-corrected chi connectivity index (χ0v) is 37.0. The molecule has 0 saturated carbocycles. The Morgan fingerprint density at radius 2 is 1.02 bits per heavy atom. The van der Waals surface area contributed by atoms with Gasteiger partial charge in [0.2, 0.25) is 5.91 Å². The summed E-state index contributed by atoms with van der Waals surface area (Å²) in [6.45, 7) is 3.44. The highest BCUT2D eigenvalue weighted by molar-refractivity contribution is 7.80. The molecule has 1 fully saturated rings. The van der Waals surface area contributed by atoms with E-state index in [0.29, 0.717) is 12.8 Å². The summed E-state index contributed by atoms with van der Waals surface area (Å²) in [5.74, 6) is -0.227. The van der Waals surface area contributed by atoms with Gasteiger partial charge in [0.1, 0.15) is 24.4 Å². The normalized spacial score (nSPS) is 21.1. The summed E-state index contributed by atoms with van der Waals surface area (Å²) < 4.78 is 47.6. The van der Waals surface area contributed by atoms with Crippen molar-refractivity contribution >= 4 is 16.3 Å². The van der Waals surface area contributed by atoms with Crippen LogP contribution in [0.2, 0.25) is 0 Å². The molecule has 340 valence electrons. The number of aliphatic hydroxyl groups is 4. The topological polar surface area (TPSA) is 192 Å². The van der Waals surface area contributed by atoms with E-state index >= 15 is 0 Å². The summed E-state index contributed by atoms with van der Waals surface area (Å²) in [5.41, 5.74) is 0. The first-order chi connectivity index (χ1) is 27.5. The van der Waals surface area contributed by atoms with Gasteiger partial charge in [0, 0.05) is 6.42 Å². The molecule has 0 aromatic rings. The van der Waals surface area contributed by atoms with E-state index in [9.17, 15) is 38.2 Å². The minimum absolute atomic E-state index is 0.227. The third kappa shape index (κ3) is 29.1. The number of amides is 1. The van der Waals surface area contributed by atoms with Crippen LogP contribution in [0, 0.1) is 0 Å². The number of hydrogen-bond donors (Lipinski definition) is 6. The van der Waals surface area contributed by atoms with Crippen molar-refractivity contribution in [2.45, 2.75) is 262 Å². The summed E-state index contributed by atoms with van der Waals surface area (Å²) in [5, 5.41) is 44.8. The molecule has 0 aromatic heterocycles. The Bertz CT molecular complexity index is 1040. The van der Waals surface area contributed by atoms with Crippen molar-refractivity contribution in [2.75, 3.05) is 13.2 Å². The van der Waals surface area contributed by atoms with Crippen LogP contribution in [0.4, 0.5) is 0 Å². The van der Waals surface area contributed by atoms with E-state index in [2.05, 4.69) is 23.3 Å². The van der Waals surface area contributed by atoms with Crippen LogP contribution in [0.3, 0.4) is 0 Å². The van der Waals surface area contributed by atoms with Crippen LogP contribution in [0.5, 0.6) is 0 Å². The molecule has 1 saturated heterocycles. The van der Waals surface area contributed by atoms with Gasteiger partial charge in [-0.15, -0.1) is 0 Å². The van der Waals surface area contributed by atoms with E-state index < -0.39 is 59.9 Å². The Labute approximate surface area is 347 Å². The molecule has 12 nitrogen and oxygen atoms in total. The van der Waals surface area contributed by atoms with Crippen LogP contribution in [0.15, 0.2) is 0 Å². The Morgan fingerprint density at radius 3 is 1.40 bits per heavy atom. The predicted octanol–water partition coefficient (Wildman–Crippen LogP) is 9.00. The lowest BCUT2D eigenvalue weighted by atomic mass is 9.99. The molecular weight excluding hydrogens is 751 g/mol. The molecule has 7 unspecified atom stereocenters. The van der Waals surface area contributed by atoms with E-state index in [1.165, 1.54) is 141 Å². The van der Waals surface area contributed by atoms with Crippen molar-refractivity contribution in [3.05, 3.63) is 0 Å². The first-order valence-corrected chi connectivity index (χ1v) is 24.8. The molecule has 7 atom stereocenters. The zero-order valence-electron chi connectivity index (χ0n) is 36.2. The van der Waals surface area contributed by atoms with Gasteiger partial charge in [-0.05, 0) is 12.8 Å². The average Bonchev–Trinajstić information content (AvgIpc) is 3.18. The summed E-state index contributed by atoms with van der Waals surface area (Å²) >= 11 is 0. The highest BCUT2D eigenvalue weighted by Gasteiger charge is 2.48. The minimum Gasteiger partial charge on any atom is -0.394 e. The number of unbranched alkanes of at least 4 members (excludes halogenated alkanes) is 28. The van der Waals surface area contributed by atoms with Crippen molar-refractivity contribution in [3.8, 4) is 0 Å². The van der Waals surface area contributed by atoms with Gasteiger partial charge >= 0.3 is 10.4 Å². The minimum atomic E-state index is -5.07. The third-order valence-electron chi connectivity index (χ3n) is 11.4. The molecule has 1 heterocycles. The van der Waals surface area contributed by atoms with E-state index in [-0.39, 0.29) is 12.5 Å². The third-order valence-corrected chi connectivity index (χ3v) is 11.9. The van der Waals surface area contributed by atoms with Gasteiger partial charge in [0.15, 0.2) is 6.29 Å². The van der Waals surface area contributed by atoms with Crippen LogP contribution < -0.4 is 5.32 Å². The van der Waals surface area contributed by atoms with E-state index in [4.69, 9.17) is 9.47 Å². The maximum atomic E-state index is 13.0.